The first-order chi connectivity index (χ1) is 31.7. The van der Waals surface area contributed by atoms with Crippen LogP contribution in [0.15, 0.2) is 104 Å². The molecule has 0 unspecified atom stereocenters. The number of aromatic nitrogens is 8. The van der Waals surface area contributed by atoms with Gasteiger partial charge in [-0.05, 0) is 72.5 Å². The van der Waals surface area contributed by atoms with E-state index in [-0.39, 0.29) is 17.7 Å². The van der Waals surface area contributed by atoms with Crippen molar-refractivity contribution in [1.29, 1.82) is 0 Å². The number of nitrogens with zero attached hydrogens (tertiary/aromatic N) is 6. The van der Waals surface area contributed by atoms with Gasteiger partial charge in [-0.25, -0.2) is 33.3 Å². The lowest BCUT2D eigenvalue weighted by Gasteiger charge is -2.30. The van der Waals surface area contributed by atoms with Crippen LogP contribution in [0.3, 0.4) is 0 Å². The van der Waals surface area contributed by atoms with Crippen LogP contribution in [-0.2, 0) is 4.74 Å². The molecule has 0 saturated carbocycles. The van der Waals surface area contributed by atoms with Gasteiger partial charge in [-0.2, -0.15) is 0 Å². The summed E-state index contributed by atoms with van der Waals surface area (Å²) in [5.74, 6) is -1.83. The SMILES string of the molecule is COC(=O)N[C@H](C(=O)n1cccc1-c1nc2ccc(-c3cnc4n3[C@H](c3ccc(F)c(F)c3)Oc3cc(-c5cnc(-c6cccn6C(=O)[C@@H](NC(=O)O)C(C)C)[nH]5)ccc3-4)cc2[nH]1)C(C)C. The Bertz CT molecular complexity index is 3200. The van der Waals surface area contributed by atoms with Gasteiger partial charge in [-0.15, -0.1) is 0 Å². The minimum Gasteiger partial charge on any atom is -0.465 e. The molecule has 336 valence electrons. The van der Waals surface area contributed by atoms with Crippen molar-refractivity contribution >= 4 is 35.0 Å². The molecule has 3 aromatic carbocycles. The molecule has 0 radical (unpaired) electrons. The summed E-state index contributed by atoms with van der Waals surface area (Å²) in [6, 6.07) is 19.5. The van der Waals surface area contributed by atoms with Gasteiger partial charge in [0, 0.05) is 29.1 Å². The number of carboxylic acid groups (broad SMARTS) is 1. The van der Waals surface area contributed by atoms with Crippen LogP contribution in [0.4, 0.5) is 18.4 Å². The van der Waals surface area contributed by atoms with E-state index < -0.39 is 48.0 Å². The van der Waals surface area contributed by atoms with E-state index in [1.54, 1.807) is 73.5 Å². The molecule has 1 aliphatic heterocycles. The first kappa shape index (κ1) is 42.9. The molecular weight excluding hydrogens is 855 g/mol. The maximum atomic E-state index is 14.9. The van der Waals surface area contributed by atoms with Crippen LogP contribution >= 0.6 is 0 Å². The number of carbonyl (C=O) groups is 4. The third kappa shape index (κ3) is 7.73. The second kappa shape index (κ2) is 17.0. The Morgan fingerprint density at radius 1 is 0.758 bits per heavy atom. The highest BCUT2D eigenvalue weighted by Crippen LogP contribution is 2.45. The minimum absolute atomic E-state index is 0.246. The molecule has 19 heteroatoms. The molecule has 0 fully saturated rings. The van der Waals surface area contributed by atoms with Crippen molar-refractivity contribution in [2.45, 2.75) is 46.0 Å². The van der Waals surface area contributed by atoms with E-state index in [2.05, 4.69) is 25.6 Å². The van der Waals surface area contributed by atoms with Gasteiger partial charge in [0.25, 0.3) is 11.8 Å². The highest BCUT2D eigenvalue weighted by molar-refractivity contribution is 5.92. The van der Waals surface area contributed by atoms with E-state index in [1.165, 1.54) is 22.3 Å². The molecular formula is C47H42F2N10O7. The summed E-state index contributed by atoms with van der Waals surface area (Å²) in [6.45, 7) is 7.13. The molecule has 5 N–H and O–H groups in total. The van der Waals surface area contributed by atoms with Crippen LogP contribution in [0.1, 0.15) is 49.1 Å². The lowest BCUT2D eigenvalue weighted by Crippen LogP contribution is -2.46. The van der Waals surface area contributed by atoms with E-state index >= 15 is 0 Å². The largest absolute Gasteiger partial charge is 0.465 e. The summed E-state index contributed by atoms with van der Waals surface area (Å²) >= 11 is 0. The van der Waals surface area contributed by atoms with Gasteiger partial charge in [0.15, 0.2) is 23.3 Å². The number of fused-ring (bicyclic) bond motifs is 4. The molecule has 66 heavy (non-hydrogen) atoms. The number of ether oxygens (including phenoxy) is 2. The van der Waals surface area contributed by atoms with Gasteiger partial charge in [0.2, 0.25) is 6.23 Å². The molecule has 9 rings (SSSR count). The average Bonchev–Trinajstić information content (AvgIpc) is 4.16. The Labute approximate surface area is 374 Å². The highest BCUT2D eigenvalue weighted by atomic mass is 19.2. The number of nitrogens with one attached hydrogen (secondary N) is 4. The lowest BCUT2D eigenvalue weighted by atomic mass is 10.0. The molecule has 6 heterocycles. The Morgan fingerprint density at radius 3 is 2.11 bits per heavy atom. The van der Waals surface area contributed by atoms with Crippen molar-refractivity contribution in [3.8, 4) is 62.7 Å². The molecule has 0 aliphatic carbocycles. The number of methoxy groups -OCH3 is 1. The van der Waals surface area contributed by atoms with Crippen LogP contribution in [0.5, 0.6) is 5.75 Å². The Balaban J connectivity index is 1.06. The minimum atomic E-state index is -1.31. The zero-order valence-corrected chi connectivity index (χ0v) is 36.0. The zero-order valence-electron chi connectivity index (χ0n) is 36.0. The lowest BCUT2D eigenvalue weighted by molar-refractivity contribution is 0.0818. The van der Waals surface area contributed by atoms with Gasteiger partial charge >= 0.3 is 12.2 Å². The Morgan fingerprint density at radius 2 is 1.44 bits per heavy atom. The van der Waals surface area contributed by atoms with Crippen LogP contribution in [0.25, 0.3) is 68.0 Å². The standard InChI is InChI=1S/C47H42F2N10O7/c1-23(2)38(55-46(62)63)43(60)57-16-6-8-34(57)40-50-21-33(54-40)25-10-13-28-37(20-25)66-45(27-11-14-29(48)30(49)18-27)59-36(22-51-42(28)59)26-12-15-31-32(19-26)53-41(52-31)35-9-7-17-58(35)44(61)39(24(3)4)56-47(64)65-5/h6-24,38-39,45,55H,1-5H3,(H,50,54)(H,52,53)(H,56,64)(H,62,63)/t38-,39-,45-/m0/s1. The van der Waals surface area contributed by atoms with Gasteiger partial charge in [-0.1, -0.05) is 45.9 Å². The van der Waals surface area contributed by atoms with Crippen LogP contribution < -0.4 is 15.4 Å². The van der Waals surface area contributed by atoms with Crippen molar-refractivity contribution in [3.63, 3.8) is 0 Å². The number of alkyl carbamates (subject to hydrolysis) is 1. The third-order valence-electron chi connectivity index (χ3n) is 11.4. The van der Waals surface area contributed by atoms with Gasteiger partial charge in [0.1, 0.15) is 23.7 Å². The van der Waals surface area contributed by atoms with Gasteiger partial charge in [-0.3, -0.25) is 23.3 Å². The van der Waals surface area contributed by atoms with Crippen molar-refractivity contribution in [1.82, 2.24) is 49.3 Å². The third-order valence-corrected chi connectivity index (χ3v) is 11.4. The monoisotopic (exact) mass is 896 g/mol. The van der Waals surface area contributed by atoms with Gasteiger partial charge in [0.05, 0.1) is 58.9 Å². The number of imidazole rings is 3. The van der Waals surface area contributed by atoms with Crippen molar-refractivity contribution in [2.24, 2.45) is 11.8 Å². The number of carbonyl (C=O) groups excluding carboxylic acids is 3. The van der Waals surface area contributed by atoms with E-state index in [0.29, 0.717) is 79.3 Å². The second-order valence-corrected chi connectivity index (χ2v) is 16.4. The summed E-state index contributed by atoms with van der Waals surface area (Å²) in [6.07, 6.45) is 3.37. The normalized spacial score (nSPS) is 14.1. The fourth-order valence-corrected chi connectivity index (χ4v) is 8.11. The quantitative estimate of drug-likeness (QED) is 0.0833. The summed E-state index contributed by atoms with van der Waals surface area (Å²) < 4.78 is 45.3. The van der Waals surface area contributed by atoms with Crippen molar-refractivity contribution in [3.05, 3.63) is 121 Å². The number of benzene rings is 3. The van der Waals surface area contributed by atoms with E-state index in [4.69, 9.17) is 19.4 Å². The molecule has 1 aliphatic rings. The van der Waals surface area contributed by atoms with E-state index in [0.717, 1.165) is 12.1 Å². The molecule has 17 nitrogen and oxygen atoms in total. The Hall–Kier alpha value is -8.35. The number of halogens is 2. The first-order valence-corrected chi connectivity index (χ1v) is 20.9. The molecule has 5 aromatic heterocycles. The molecule has 8 aromatic rings. The summed E-state index contributed by atoms with van der Waals surface area (Å²) in [5, 5.41) is 14.3. The summed E-state index contributed by atoms with van der Waals surface area (Å²) in [7, 11) is 1.23. The molecule has 3 atom stereocenters. The topological polar surface area (TPSA) is 216 Å². The van der Waals surface area contributed by atoms with Crippen molar-refractivity contribution in [2.75, 3.05) is 7.11 Å². The smallest absolute Gasteiger partial charge is 0.407 e. The van der Waals surface area contributed by atoms with Crippen LogP contribution in [-0.4, -0.2) is 86.9 Å². The number of rotatable bonds is 11. The number of aromatic amines is 2. The van der Waals surface area contributed by atoms with Crippen molar-refractivity contribution < 1.29 is 42.5 Å². The fourth-order valence-electron chi connectivity index (χ4n) is 8.11. The number of amides is 2. The summed E-state index contributed by atoms with van der Waals surface area (Å²) in [5.41, 5.74) is 5.56. The molecule has 2 amide bonds. The highest BCUT2D eigenvalue weighted by Gasteiger charge is 2.33. The maximum absolute atomic E-state index is 14.9. The van der Waals surface area contributed by atoms with E-state index in [1.807, 2.05) is 44.2 Å². The first-order valence-electron chi connectivity index (χ1n) is 20.9. The van der Waals surface area contributed by atoms with Gasteiger partial charge < -0.3 is 35.2 Å². The van der Waals surface area contributed by atoms with Crippen LogP contribution in [0, 0.1) is 23.5 Å². The number of hydrogen-bond donors (Lipinski definition) is 5. The second-order valence-electron chi connectivity index (χ2n) is 16.4. The molecule has 0 bridgehead atoms. The van der Waals surface area contributed by atoms with E-state index in [9.17, 15) is 33.1 Å². The fraction of sp³-hybridized carbons (Fsp3) is 0.213. The predicted molar refractivity (Wildman–Crippen MR) is 238 cm³/mol. The maximum Gasteiger partial charge on any atom is 0.407 e. The van der Waals surface area contributed by atoms with Crippen LogP contribution in [0.2, 0.25) is 0 Å². The predicted octanol–water partition coefficient (Wildman–Crippen LogP) is 8.59. The summed E-state index contributed by atoms with van der Waals surface area (Å²) in [4.78, 5) is 71.5. The Kier molecular flexibility index (Phi) is 11.0. The number of hydrogen-bond acceptors (Lipinski definition) is 9. The zero-order chi connectivity index (χ0) is 46.6. The molecule has 0 saturated heterocycles. The molecule has 0 spiro atoms. The average molecular weight is 897 g/mol. The number of H-pyrrole nitrogens is 2.